The van der Waals surface area contributed by atoms with Crippen molar-refractivity contribution in [2.75, 3.05) is 6.54 Å². The molecule has 3 heterocycles. The molecule has 3 unspecified atom stereocenters. The van der Waals surface area contributed by atoms with Crippen LogP contribution in [0.4, 0.5) is 0 Å². The number of aromatic nitrogens is 1. The van der Waals surface area contributed by atoms with E-state index < -0.39 is 33.4 Å². The SMILES string of the molecule is CC1c2c(n(C(C)S(=O)(=O)O)c3ccccc23)[C@@H]2[C@@H](C(=O)O)CCCN2C1C. The van der Waals surface area contributed by atoms with Crippen molar-refractivity contribution in [3.05, 3.63) is 35.5 Å². The van der Waals surface area contributed by atoms with Crippen LogP contribution in [0.1, 0.15) is 62.2 Å². The number of carbonyl (C=O) groups is 1. The molecule has 8 heteroatoms. The molecule has 1 aromatic heterocycles. The lowest BCUT2D eigenvalue weighted by Gasteiger charge is -2.49. The van der Waals surface area contributed by atoms with E-state index in [0.29, 0.717) is 11.9 Å². The minimum absolute atomic E-state index is 0.110. The summed E-state index contributed by atoms with van der Waals surface area (Å²) in [7, 11) is -4.36. The lowest BCUT2D eigenvalue weighted by Crippen LogP contribution is -2.51. The van der Waals surface area contributed by atoms with Gasteiger partial charge in [-0.05, 0) is 50.8 Å². The Morgan fingerprint density at radius 1 is 1.25 bits per heavy atom. The molecule has 1 fully saturated rings. The molecular formula is C20H26N2O5S. The van der Waals surface area contributed by atoms with E-state index in [2.05, 4.69) is 18.7 Å². The predicted molar refractivity (Wildman–Crippen MR) is 106 cm³/mol. The number of carboxylic acids is 1. The van der Waals surface area contributed by atoms with E-state index in [1.807, 2.05) is 24.3 Å². The number of carboxylic acid groups (broad SMARTS) is 1. The van der Waals surface area contributed by atoms with Crippen molar-refractivity contribution in [3.63, 3.8) is 0 Å². The fourth-order valence-electron chi connectivity index (χ4n) is 5.23. The van der Waals surface area contributed by atoms with Gasteiger partial charge in [0.1, 0.15) is 0 Å². The van der Waals surface area contributed by atoms with Crippen LogP contribution in [0.2, 0.25) is 0 Å². The highest BCUT2D eigenvalue weighted by Gasteiger charge is 2.48. The molecule has 2 aliphatic rings. The molecule has 1 saturated heterocycles. The highest BCUT2D eigenvalue weighted by Crippen LogP contribution is 2.51. The first-order valence-corrected chi connectivity index (χ1v) is 11.2. The zero-order chi connectivity index (χ0) is 20.4. The molecule has 5 atom stereocenters. The first-order chi connectivity index (χ1) is 13.1. The standard InChI is InChI=1S/C20H26N2O5S/c1-11-12(2)21-10-6-8-15(20(23)24)18(21)19-17(11)14-7-4-5-9-16(14)22(19)13(3)28(25,26)27/h4-5,7,9,11-13,15,18H,6,8,10H2,1-3H3,(H,23,24)(H,25,26,27)/t11?,12?,13?,15-,18-/m0/s1. The van der Waals surface area contributed by atoms with E-state index >= 15 is 0 Å². The summed E-state index contributed by atoms with van der Waals surface area (Å²) in [5.74, 6) is -1.36. The van der Waals surface area contributed by atoms with E-state index in [0.717, 1.165) is 29.6 Å². The van der Waals surface area contributed by atoms with Gasteiger partial charge in [0.15, 0.2) is 5.37 Å². The van der Waals surface area contributed by atoms with Crippen LogP contribution >= 0.6 is 0 Å². The number of para-hydroxylation sites is 1. The van der Waals surface area contributed by atoms with E-state index in [-0.39, 0.29) is 12.0 Å². The zero-order valence-corrected chi connectivity index (χ0v) is 17.1. The molecule has 0 radical (unpaired) electrons. The molecule has 0 bridgehead atoms. The van der Waals surface area contributed by atoms with E-state index in [4.69, 9.17) is 0 Å². The zero-order valence-electron chi connectivity index (χ0n) is 16.2. The van der Waals surface area contributed by atoms with E-state index in [1.54, 1.807) is 4.57 Å². The molecule has 0 spiro atoms. The molecule has 2 aliphatic heterocycles. The third-order valence-corrected chi connectivity index (χ3v) is 7.83. The Morgan fingerprint density at radius 2 is 1.93 bits per heavy atom. The van der Waals surface area contributed by atoms with Crippen molar-refractivity contribution >= 4 is 27.0 Å². The molecule has 4 rings (SSSR count). The maximum Gasteiger partial charge on any atom is 0.308 e. The van der Waals surface area contributed by atoms with Crippen molar-refractivity contribution in [1.82, 2.24) is 9.47 Å². The Hall–Kier alpha value is -1.90. The molecule has 0 saturated carbocycles. The summed E-state index contributed by atoms with van der Waals surface area (Å²) in [6, 6.07) is 7.27. The maximum atomic E-state index is 12.1. The quantitative estimate of drug-likeness (QED) is 0.758. The van der Waals surface area contributed by atoms with Gasteiger partial charge in [-0.1, -0.05) is 25.1 Å². The average Bonchev–Trinajstić information content (AvgIpc) is 2.99. The molecule has 0 aliphatic carbocycles. The van der Waals surface area contributed by atoms with Gasteiger partial charge in [0, 0.05) is 22.6 Å². The maximum absolute atomic E-state index is 12.1. The predicted octanol–water partition coefficient (Wildman–Crippen LogP) is 3.39. The Balaban J connectivity index is 2.10. The minimum atomic E-state index is -4.36. The molecular weight excluding hydrogens is 380 g/mol. The van der Waals surface area contributed by atoms with Crippen molar-refractivity contribution in [1.29, 1.82) is 0 Å². The number of nitrogens with zero attached hydrogens (tertiary/aromatic N) is 2. The van der Waals surface area contributed by atoms with Gasteiger partial charge in [0.2, 0.25) is 0 Å². The van der Waals surface area contributed by atoms with Gasteiger partial charge in [-0.2, -0.15) is 8.42 Å². The van der Waals surface area contributed by atoms with Gasteiger partial charge >= 0.3 is 5.97 Å². The van der Waals surface area contributed by atoms with Crippen LogP contribution in [-0.2, 0) is 14.9 Å². The number of hydrogen-bond acceptors (Lipinski definition) is 4. The topological polar surface area (TPSA) is 99.8 Å². The Labute approximate surface area is 164 Å². The molecule has 2 aromatic rings. The summed E-state index contributed by atoms with van der Waals surface area (Å²) in [6.45, 7) is 6.46. The Morgan fingerprint density at radius 3 is 2.57 bits per heavy atom. The fourth-order valence-corrected chi connectivity index (χ4v) is 5.72. The van der Waals surface area contributed by atoms with Crippen molar-refractivity contribution < 1.29 is 22.9 Å². The Kier molecular flexibility index (Phi) is 4.56. The van der Waals surface area contributed by atoms with Crippen molar-refractivity contribution in [2.45, 2.75) is 57.0 Å². The summed E-state index contributed by atoms with van der Waals surface area (Å²) in [4.78, 5) is 14.3. The summed E-state index contributed by atoms with van der Waals surface area (Å²) in [5.41, 5.74) is 2.45. The molecule has 0 amide bonds. The normalized spacial score (nSPS) is 29.3. The third kappa shape index (κ3) is 2.69. The van der Waals surface area contributed by atoms with Crippen LogP contribution < -0.4 is 0 Å². The monoisotopic (exact) mass is 406 g/mol. The number of hydrogen-bond donors (Lipinski definition) is 2. The van der Waals surface area contributed by atoms with Gasteiger partial charge in [-0.3, -0.25) is 14.2 Å². The van der Waals surface area contributed by atoms with Crippen LogP contribution in [0.5, 0.6) is 0 Å². The lowest BCUT2D eigenvalue weighted by atomic mass is 9.76. The lowest BCUT2D eigenvalue weighted by molar-refractivity contribution is -0.147. The van der Waals surface area contributed by atoms with Crippen LogP contribution in [0, 0.1) is 5.92 Å². The van der Waals surface area contributed by atoms with Gasteiger partial charge in [0.05, 0.1) is 12.0 Å². The van der Waals surface area contributed by atoms with Gasteiger partial charge in [-0.15, -0.1) is 0 Å². The van der Waals surface area contributed by atoms with Crippen molar-refractivity contribution in [3.8, 4) is 0 Å². The second-order valence-corrected chi connectivity index (χ2v) is 9.81. The number of fused-ring (bicyclic) bond motifs is 5. The summed E-state index contributed by atoms with van der Waals surface area (Å²) >= 11 is 0. The molecule has 28 heavy (non-hydrogen) atoms. The number of benzene rings is 1. The largest absolute Gasteiger partial charge is 0.481 e. The third-order valence-electron chi connectivity index (χ3n) is 6.75. The van der Waals surface area contributed by atoms with Gasteiger partial charge in [-0.25, -0.2) is 0 Å². The van der Waals surface area contributed by atoms with Crippen LogP contribution in [0.3, 0.4) is 0 Å². The second-order valence-electron chi connectivity index (χ2n) is 8.10. The molecule has 7 nitrogen and oxygen atoms in total. The fraction of sp³-hybridized carbons (Fsp3) is 0.550. The summed E-state index contributed by atoms with van der Waals surface area (Å²) < 4.78 is 35.7. The first kappa shape index (κ1) is 19.4. The van der Waals surface area contributed by atoms with Crippen LogP contribution in [-0.4, -0.2) is 46.1 Å². The summed E-state index contributed by atoms with van der Waals surface area (Å²) in [5, 5.41) is 9.65. The molecule has 152 valence electrons. The van der Waals surface area contributed by atoms with E-state index in [9.17, 15) is 22.9 Å². The first-order valence-electron chi connectivity index (χ1n) is 9.72. The Bertz CT molecular complexity index is 1040. The highest BCUT2D eigenvalue weighted by atomic mass is 32.2. The van der Waals surface area contributed by atoms with Crippen LogP contribution in [0.15, 0.2) is 24.3 Å². The molecule has 2 N–H and O–H groups in total. The number of piperidine rings is 1. The van der Waals surface area contributed by atoms with Crippen LogP contribution in [0.25, 0.3) is 10.9 Å². The summed E-state index contributed by atoms with van der Waals surface area (Å²) in [6.07, 6.45) is 1.35. The van der Waals surface area contributed by atoms with Crippen molar-refractivity contribution in [2.24, 2.45) is 5.92 Å². The number of aliphatic carboxylic acids is 1. The van der Waals surface area contributed by atoms with Gasteiger partial charge in [0.25, 0.3) is 10.1 Å². The van der Waals surface area contributed by atoms with Gasteiger partial charge < -0.3 is 9.67 Å². The molecule has 1 aromatic carbocycles. The minimum Gasteiger partial charge on any atom is -0.481 e. The van der Waals surface area contributed by atoms with E-state index in [1.165, 1.54) is 6.92 Å². The number of rotatable bonds is 3. The highest BCUT2D eigenvalue weighted by molar-refractivity contribution is 7.85. The second kappa shape index (κ2) is 6.57. The smallest absolute Gasteiger partial charge is 0.308 e. The average molecular weight is 407 g/mol.